The number of carbonyl (C=O) groups is 2. The molecule has 2 atom stereocenters. The molecule has 1 amide bonds. The number of ketones is 1. The minimum Gasteiger partial charge on any atom is -0.392 e. The number of amides is 1. The lowest BCUT2D eigenvalue weighted by Crippen LogP contribution is -2.48. The number of β-amino-alcohol motifs (C(OH)–C–C–N with tert-alkyl or cyclic N) is 1. The van der Waals surface area contributed by atoms with Gasteiger partial charge in [0, 0.05) is 12.1 Å². The third kappa shape index (κ3) is 3.89. The number of benzene rings is 1. The molecule has 0 spiro atoms. The standard InChI is InChI=1S/C16H22N2O3/c1-11(18-9-5-6-13(20)10-18)16(21)17-15-8-4-3-7-14(15)12(2)19/h3-4,7-8,11,13,20H,5-6,9-10H2,1-2H3,(H,17,21). The van der Waals surface area contributed by atoms with Crippen LogP contribution in [0.3, 0.4) is 0 Å². The van der Waals surface area contributed by atoms with Crippen LogP contribution in [0.15, 0.2) is 24.3 Å². The molecule has 2 N–H and O–H groups in total. The van der Waals surface area contributed by atoms with E-state index in [1.54, 1.807) is 24.3 Å². The van der Waals surface area contributed by atoms with Gasteiger partial charge in [0.05, 0.1) is 17.8 Å². The van der Waals surface area contributed by atoms with Crippen LogP contribution in [0.2, 0.25) is 0 Å². The van der Waals surface area contributed by atoms with Gasteiger partial charge in [0.1, 0.15) is 0 Å². The topological polar surface area (TPSA) is 69.6 Å². The van der Waals surface area contributed by atoms with Crippen molar-refractivity contribution in [2.24, 2.45) is 0 Å². The Morgan fingerprint density at radius 3 is 2.76 bits per heavy atom. The van der Waals surface area contributed by atoms with E-state index >= 15 is 0 Å². The second-order valence-corrected chi connectivity index (χ2v) is 5.56. The number of nitrogens with zero attached hydrogens (tertiary/aromatic N) is 1. The lowest BCUT2D eigenvalue weighted by molar-refractivity contribution is -0.121. The Morgan fingerprint density at radius 1 is 1.38 bits per heavy atom. The minimum atomic E-state index is -0.362. The van der Waals surface area contributed by atoms with E-state index in [0.717, 1.165) is 19.4 Å². The van der Waals surface area contributed by atoms with Gasteiger partial charge in [0.15, 0.2) is 5.78 Å². The van der Waals surface area contributed by atoms with Crippen LogP contribution in [0, 0.1) is 0 Å². The maximum Gasteiger partial charge on any atom is 0.241 e. The molecule has 0 saturated carbocycles. The molecular weight excluding hydrogens is 268 g/mol. The van der Waals surface area contributed by atoms with E-state index < -0.39 is 0 Å². The van der Waals surface area contributed by atoms with Crippen molar-refractivity contribution in [3.05, 3.63) is 29.8 Å². The predicted molar refractivity (Wildman–Crippen MR) is 81.4 cm³/mol. The molecule has 0 aromatic heterocycles. The molecule has 21 heavy (non-hydrogen) atoms. The fourth-order valence-electron chi connectivity index (χ4n) is 2.64. The van der Waals surface area contributed by atoms with Crippen molar-refractivity contribution in [1.29, 1.82) is 0 Å². The summed E-state index contributed by atoms with van der Waals surface area (Å²) in [7, 11) is 0. The summed E-state index contributed by atoms with van der Waals surface area (Å²) in [4.78, 5) is 25.9. The lowest BCUT2D eigenvalue weighted by Gasteiger charge is -2.34. The monoisotopic (exact) mass is 290 g/mol. The molecule has 1 heterocycles. The molecular formula is C16H22N2O3. The molecule has 0 aliphatic carbocycles. The van der Waals surface area contributed by atoms with Crippen molar-refractivity contribution >= 4 is 17.4 Å². The number of hydrogen-bond donors (Lipinski definition) is 2. The zero-order chi connectivity index (χ0) is 15.4. The molecule has 114 valence electrons. The fourth-order valence-corrected chi connectivity index (χ4v) is 2.64. The molecule has 1 fully saturated rings. The SMILES string of the molecule is CC(=O)c1ccccc1NC(=O)C(C)N1CCCC(O)C1. The van der Waals surface area contributed by atoms with Crippen molar-refractivity contribution < 1.29 is 14.7 Å². The quantitative estimate of drug-likeness (QED) is 0.828. The zero-order valence-corrected chi connectivity index (χ0v) is 12.5. The van der Waals surface area contributed by atoms with E-state index in [4.69, 9.17) is 0 Å². The van der Waals surface area contributed by atoms with Gasteiger partial charge in [-0.1, -0.05) is 12.1 Å². The number of anilines is 1. The third-order valence-corrected chi connectivity index (χ3v) is 3.92. The van der Waals surface area contributed by atoms with Crippen LogP contribution in [-0.2, 0) is 4.79 Å². The zero-order valence-electron chi connectivity index (χ0n) is 12.5. The van der Waals surface area contributed by atoms with Gasteiger partial charge in [-0.05, 0) is 45.4 Å². The Bertz CT molecular complexity index is 530. The number of hydrogen-bond acceptors (Lipinski definition) is 4. The first kappa shape index (κ1) is 15.7. The van der Waals surface area contributed by atoms with Crippen molar-refractivity contribution in [2.75, 3.05) is 18.4 Å². The molecule has 0 bridgehead atoms. The number of aliphatic hydroxyl groups excluding tert-OH is 1. The summed E-state index contributed by atoms with van der Waals surface area (Å²) >= 11 is 0. The molecule has 5 nitrogen and oxygen atoms in total. The van der Waals surface area contributed by atoms with Gasteiger partial charge in [-0.3, -0.25) is 14.5 Å². The van der Waals surface area contributed by atoms with Crippen molar-refractivity contribution in [2.45, 2.75) is 38.8 Å². The Morgan fingerprint density at radius 2 is 2.10 bits per heavy atom. The van der Waals surface area contributed by atoms with E-state index in [9.17, 15) is 14.7 Å². The Kier molecular flexibility index (Phi) is 5.09. The van der Waals surface area contributed by atoms with Gasteiger partial charge in [-0.2, -0.15) is 0 Å². The fraction of sp³-hybridized carbons (Fsp3) is 0.500. The summed E-state index contributed by atoms with van der Waals surface area (Å²) < 4.78 is 0. The summed E-state index contributed by atoms with van der Waals surface area (Å²) in [6.07, 6.45) is 1.32. The van der Waals surface area contributed by atoms with Crippen molar-refractivity contribution in [3.8, 4) is 0 Å². The molecule has 0 radical (unpaired) electrons. The second kappa shape index (κ2) is 6.83. The summed E-state index contributed by atoms with van der Waals surface area (Å²) in [5, 5.41) is 12.5. The largest absolute Gasteiger partial charge is 0.392 e. The van der Waals surface area contributed by atoms with Gasteiger partial charge in [0.25, 0.3) is 0 Å². The molecule has 1 aromatic carbocycles. The average Bonchev–Trinajstić information content (AvgIpc) is 2.46. The number of para-hydroxylation sites is 1. The van der Waals surface area contributed by atoms with E-state index in [-0.39, 0.29) is 23.8 Å². The van der Waals surface area contributed by atoms with E-state index in [0.29, 0.717) is 17.8 Å². The molecule has 1 saturated heterocycles. The summed E-state index contributed by atoms with van der Waals surface area (Å²) in [5.74, 6) is -0.232. The highest BCUT2D eigenvalue weighted by Gasteiger charge is 2.26. The smallest absolute Gasteiger partial charge is 0.241 e. The normalized spacial score (nSPS) is 20.8. The molecule has 2 rings (SSSR count). The number of Topliss-reactive ketones (excluding diaryl/α,β-unsaturated/α-hetero) is 1. The highest BCUT2D eigenvalue weighted by molar-refractivity contribution is 6.04. The van der Waals surface area contributed by atoms with E-state index in [1.807, 2.05) is 11.8 Å². The van der Waals surface area contributed by atoms with Crippen LogP contribution in [0.5, 0.6) is 0 Å². The van der Waals surface area contributed by atoms with Crippen molar-refractivity contribution in [3.63, 3.8) is 0 Å². The molecule has 2 unspecified atom stereocenters. The summed E-state index contributed by atoms with van der Waals surface area (Å²) in [5.41, 5.74) is 1.05. The number of likely N-dealkylation sites (tertiary alicyclic amines) is 1. The third-order valence-electron chi connectivity index (χ3n) is 3.92. The maximum atomic E-state index is 12.3. The van der Waals surface area contributed by atoms with Crippen molar-refractivity contribution in [1.82, 2.24) is 4.90 Å². The second-order valence-electron chi connectivity index (χ2n) is 5.56. The van der Waals surface area contributed by atoms with Crippen LogP contribution in [0.4, 0.5) is 5.69 Å². The summed E-state index contributed by atoms with van der Waals surface area (Å²) in [6.45, 7) is 4.63. The lowest BCUT2D eigenvalue weighted by atomic mass is 10.1. The van der Waals surface area contributed by atoms with Crippen LogP contribution in [-0.4, -0.2) is 46.9 Å². The van der Waals surface area contributed by atoms with Gasteiger partial charge in [-0.15, -0.1) is 0 Å². The molecule has 5 heteroatoms. The highest BCUT2D eigenvalue weighted by Crippen LogP contribution is 2.18. The molecule has 1 aromatic rings. The average molecular weight is 290 g/mol. The first-order valence-corrected chi connectivity index (χ1v) is 7.32. The first-order valence-electron chi connectivity index (χ1n) is 7.32. The Balaban J connectivity index is 2.05. The Hall–Kier alpha value is -1.72. The minimum absolute atomic E-state index is 0.0769. The van der Waals surface area contributed by atoms with Gasteiger partial charge < -0.3 is 10.4 Å². The summed E-state index contributed by atoms with van der Waals surface area (Å²) in [6, 6.07) is 6.66. The van der Waals surface area contributed by atoms with E-state index in [2.05, 4.69) is 5.32 Å². The number of carbonyl (C=O) groups excluding carboxylic acids is 2. The first-order chi connectivity index (χ1) is 9.99. The molecule has 1 aliphatic heterocycles. The van der Waals surface area contributed by atoms with Gasteiger partial charge >= 0.3 is 0 Å². The predicted octanol–water partition coefficient (Wildman–Crippen LogP) is 1.67. The number of nitrogens with one attached hydrogen (secondary N) is 1. The number of piperidine rings is 1. The maximum absolute atomic E-state index is 12.3. The number of rotatable bonds is 4. The molecule has 1 aliphatic rings. The highest BCUT2D eigenvalue weighted by atomic mass is 16.3. The van der Waals surface area contributed by atoms with Crippen LogP contribution >= 0.6 is 0 Å². The van der Waals surface area contributed by atoms with Crippen LogP contribution in [0.25, 0.3) is 0 Å². The van der Waals surface area contributed by atoms with Gasteiger partial charge in [0.2, 0.25) is 5.91 Å². The van der Waals surface area contributed by atoms with Crippen LogP contribution < -0.4 is 5.32 Å². The van der Waals surface area contributed by atoms with E-state index in [1.165, 1.54) is 6.92 Å². The Labute approximate surface area is 125 Å². The van der Waals surface area contributed by atoms with Gasteiger partial charge in [-0.25, -0.2) is 0 Å². The number of aliphatic hydroxyl groups is 1. The van der Waals surface area contributed by atoms with Crippen LogP contribution in [0.1, 0.15) is 37.0 Å².